The summed E-state index contributed by atoms with van der Waals surface area (Å²) in [6, 6.07) is 11.9. The largest absolute Gasteiger partial charge is 0.481 e. The van der Waals surface area contributed by atoms with Crippen molar-refractivity contribution in [2.24, 2.45) is 7.05 Å². The lowest BCUT2D eigenvalue weighted by atomic mass is 9.90. The Morgan fingerprint density at radius 2 is 2.18 bits per heavy atom. The number of carboxylic acid groups (broad SMARTS) is 1. The van der Waals surface area contributed by atoms with E-state index in [1.165, 1.54) is 17.7 Å². The number of halogens is 1. The molecule has 8 nitrogen and oxygen atoms in total. The third kappa shape index (κ3) is 5.52. The Bertz CT molecular complexity index is 1230. The molecule has 0 amide bonds. The molecular formula is C25H26FN5O3. The fraction of sp³-hybridized carbons (Fsp3) is 0.360. The quantitative estimate of drug-likeness (QED) is 0.498. The van der Waals surface area contributed by atoms with Gasteiger partial charge < -0.3 is 15.2 Å². The molecule has 0 bridgehead atoms. The second-order valence-corrected chi connectivity index (χ2v) is 8.39. The topological polar surface area (TPSA) is 113 Å². The number of benzene rings is 1. The lowest BCUT2D eigenvalue weighted by molar-refractivity contribution is -0.137. The first-order valence-corrected chi connectivity index (χ1v) is 11.2. The number of carboxylic acids is 1. The van der Waals surface area contributed by atoms with Crippen LogP contribution in [0.25, 0.3) is 0 Å². The highest BCUT2D eigenvalue weighted by Gasteiger charge is 2.20. The molecule has 9 heteroatoms. The second kappa shape index (κ2) is 10.3. The van der Waals surface area contributed by atoms with Gasteiger partial charge in [0.15, 0.2) is 0 Å². The van der Waals surface area contributed by atoms with Crippen molar-refractivity contribution in [3.05, 3.63) is 70.3 Å². The Kier molecular flexibility index (Phi) is 7.07. The zero-order chi connectivity index (χ0) is 24.1. The van der Waals surface area contributed by atoms with E-state index >= 15 is 0 Å². The molecule has 1 aromatic carbocycles. The van der Waals surface area contributed by atoms with Gasteiger partial charge in [-0.3, -0.25) is 4.79 Å². The van der Waals surface area contributed by atoms with Crippen molar-refractivity contribution in [2.75, 3.05) is 18.5 Å². The van der Waals surface area contributed by atoms with Crippen molar-refractivity contribution in [3.63, 3.8) is 0 Å². The third-order valence-electron chi connectivity index (χ3n) is 5.91. The average Bonchev–Trinajstić information content (AvgIpc) is 3.17. The predicted octanol–water partition coefficient (Wildman–Crippen LogP) is 3.61. The highest BCUT2D eigenvalue weighted by atomic mass is 19.1. The minimum absolute atomic E-state index is 0.0736. The number of nitrogens with one attached hydrogen (secondary N) is 1. The lowest BCUT2D eigenvalue weighted by Gasteiger charge is -2.17. The zero-order valence-electron chi connectivity index (χ0n) is 18.9. The van der Waals surface area contributed by atoms with Gasteiger partial charge in [0, 0.05) is 37.7 Å². The summed E-state index contributed by atoms with van der Waals surface area (Å²) >= 11 is 0. The number of hydrogen-bond acceptors (Lipinski definition) is 6. The van der Waals surface area contributed by atoms with E-state index < -0.39 is 17.7 Å². The first-order valence-electron chi connectivity index (χ1n) is 11.2. The van der Waals surface area contributed by atoms with Crippen LogP contribution in [0.5, 0.6) is 5.88 Å². The van der Waals surface area contributed by atoms with Gasteiger partial charge in [-0.2, -0.15) is 10.4 Å². The van der Waals surface area contributed by atoms with Crippen LogP contribution in [-0.4, -0.2) is 39.0 Å². The molecule has 1 aliphatic heterocycles. The Labute approximate surface area is 197 Å². The third-order valence-corrected chi connectivity index (χ3v) is 5.91. The van der Waals surface area contributed by atoms with E-state index in [1.54, 1.807) is 29.9 Å². The summed E-state index contributed by atoms with van der Waals surface area (Å²) in [6.45, 7) is 1.36. The molecule has 4 rings (SSSR count). The maximum Gasteiger partial charge on any atom is 0.303 e. The maximum atomic E-state index is 14.1. The molecule has 3 aromatic rings. The number of nitrogens with zero attached hydrogens (tertiary/aromatic N) is 4. The smallest absolute Gasteiger partial charge is 0.303 e. The van der Waals surface area contributed by atoms with Gasteiger partial charge in [-0.25, -0.2) is 14.1 Å². The minimum atomic E-state index is -0.991. The van der Waals surface area contributed by atoms with Crippen LogP contribution < -0.4 is 10.1 Å². The van der Waals surface area contributed by atoms with Gasteiger partial charge in [-0.05, 0) is 48.6 Å². The summed E-state index contributed by atoms with van der Waals surface area (Å²) in [5, 5.41) is 26.1. The first kappa shape index (κ1) is 23.2. The van der Waals surface area contributed by atoms with Gasteiger partial charge >= 0.3 is 5.97 Å². The van der Waals surface area contributed by atoms with Crippen molar-refractivity contribution in [3.8, 4) is 11.9 Å². The van der Waals surface area contributed by atoms with Gasteiger partial charge in [0.05, 0.1) is 24.3 Å². The fourth-order valence-electron chi connectivity index (χ4n) is 4.16. The number of nitriles is 1. The van der Waals surface area contributed by atoms with E-state index in [0.29, 0.717) is 36.6 Å². The highest BCUT2D eigenvalue weighted by molar-refractivity contribution is 5.68. The number of aliphatic carboxylic acids is 1. The van der Waals surface area contributed by atoms with Crippen molar-refractivity contribution in [1.29, 1.82) is 5.26 Å². The van der Waals surface area contributed by atoms with Crippen LogP contribution in [0, 0.1) is 17.1 Å². The van der Waals surface area contributed by atoms with E-state index in [0.717, 1.165) is 30.9 Å². The molecule has 0 spiro atoms. The number of anilines is 1. The summed E-state index contributed by atoms with van der Waals surface area (Å²) in [7, 11) is 1.76. The van der Waals surface area contributed by atoms with Crippen LogP contribution in [0.4, 0.5) is 10.2 Å². The van der Waals surface area contributed by atoms with Gasteiger partial charge in [-0.15, -0.1) is 0 Å². The van der Waals surface area contributed by atoms with Crippen molar-refractivity contribution in [2.45, 2.75) is 38.0 Å². The molecule has 1 atom stereocenters. The van der Waals surface area contributed by atoms with E-state index in [2.05, 4.69) is 21.5 Å². The molecule has 0 saturated heterocycles. The van der Waals surface area contributed by atoms with E-state index in [9.17, 15) is 14.3 Å². The van der Waals surface area contributed by atoms with Gasteiger partial charge in [-0.1, -0.05) is 12.1 Å². The predicted molar refractivity (Wildman–Crippen MR) is 123 cm³/mol. The number of ether oxygens (including phenoxy) is 1. The van der Waals surface area contributed by atoms with Crippen LogP contribution in [0.3, 0.4) is 0 Å². The second-order valence-electron chi connectivity index (χ2n) is 8.39. The molecular weight excluding hydrogens is 437 g/mol. The number of carbonyl (C=O) groups is 1. The summed E-state index contributed by atoms with van der Waals surface area (Å²) in [5.74, 6) is -0.628. The monoisotopic (exact) mass is 463 g/mol. The van der Waals surface area contributed by atoms with Crippen LogP contribution in [0.15, 0.2) is 36.4 Å². The number of aromatic nitrogens is 3. The number of fused-ring (bicyclic) bond motifs is 1. The number of pyridine rings is 1. The van der Waals surface area contributed by atoms with E-state index in [1.807, 2.05) is 6.07 Å². The van der Waals surface area contributed by atoms with Crippen LogP contribution in [0.1, 0.15) is 46.8 Å². The molecule has 2 aromatic heterocycles. The van der Waals surface area contributed by atoms with Crippen molar-refractivity contribution in [1.82, 2.24) is 14.8 Å². The summed E-state index contributed by atoms with van der Waals surface area (Å²) in [5.41, 5.74) is 3.27. The zero-order valence-corrected chi connectivity index (χ0v) is 18.9. The standard InChI is InChI=1S/C25H26FN5O3/c1-31-23(34-10-8-20-7-6-16-3-2-9-28-25(16)29-20)14-21(30-31)11-19(13-24(32)33)17-4-5-18(15-27)22(26)12-17/h4-7,12,14,19H,2-3,8-11,13H2,1H3,(H,28,29)(H,32,33)/t19-/m0/s1. The number of hydrogen-bond donors (Lipinski definition) is 2. The molecule has 0 radical (unpaired) electrons. The molecule has 1 aliphatic rings. The molecule has 34 heavy (non-hydrogen) atoms. The molecule has 0 unspecified atom stereocenters. The maximum absolute atomic E-state index is 14.1. The first-order chi connectivity index (χ1) is 16.4. The highest BCUT2D eigenvalue weighted by Crippen LogP contribution is 2.27. The SMILES string of the molecule is Cn1nc(C[C@@H](CC(=O)O)c2ccc(C#N)c(F)c2)cc1OCCc1ccc2c(n1)NCCC2. The van der Waals surface area contributed by atoms with Crippen molar-refractivity contribution >= 4 is 11.8 Å². The van der Waals surface area contributed by atoms with Gasteiger partial charge in [0.25, 0.3) is 0 Å². The summed E-state index contributed by atoms with van der Waals surface area (Å²) in [4.78, 5) is 16.1. The Morgan fingerprint density at radius 3 is 2.94 bits per heavy atom. The Balaban J connectivity index is 1.41. The van der Waals surface area contributed by atoms with E-state index in [4.69, 9.17) is 10.00 Å². The molecule has 176 valence electrons. The van der Waals surface area contributed by atoms with Gasteiger partial charge in [0.2, 0.25) is 5.88 Å². The molecule has 0 fully saturated rings. The molecule has 3 heterocycles. The van der Waals surface area contributed by atoms with Gasteiger partial charge in [0.1, 0.15) is 17.7 Å². The van der Waals surface area contributed by atoms with E-state index in [-0.39, 0.29) is 12.0 Å². The Hall–Kier alpha value is -3.93. The van der Waals surface area contributed by atoms with Crippen LogP contribution in [-0.2, 0) is 31.1 Å². The molecule has 0 saturated carbocycles. The normalized spacial score (nSPS) is 13.4. The van der Waals surface area contributed by atoms with Crippen molar-refractivity contribution < 1.29 is 19.0 Å². The average molecular weight is 464 g/mol. The Morgan fingerprint density at radius 1 is 1.32 bits per heavy atom. The van der Waals surface area contributed by atoms with Crippen LogP contribution in [0.2, 0.25) is 0 Å². The molecule has 0 aliphatic carbocycles. The summed E-state index contributed by atoms with van der Waals surface area (Å²) in [6.07, 6.45) is 2.92. The van der Waals surface area contributed by atoms with Crippen LogP contribution >= 0.6 is 0 Å². The lowest BCUT2D eigenvalue weighted by Crippen LogP contribution is -2.14. The fourth-order valence-corrected chi connectivity index (χ4v) is 4.16. The molecule has 2 N–H and O–H groups in total. The number of aryl methyl sites for hydroxylation is 2. The number of rotatable bonds is 9. The minimum Gasteiger partial charge on any atom is -0.481 e. The summed E-state index contributed by atoms with van der Waals surface area (Å²) < 4.78 is 21.6.